The molecule has 4 N–H and O–H groups in total. The van der Waals surface area contributed by atoms with Gasteiger partial charge in [0.25, 0.3) is 0 Å². The molecule has 0 atom stereocenters. The molecule has 0 unspecified atom stereocenters. The summed E-state index contributed by atoms with van der Waals surface area (Å²) in [5.41, 5.74) is 8.26. The number of nitrogens with one attached hydrogen (secondary N) is 2. The van der Waals surface area contributed by atoms with Gasteiger partial charge in [-0.2, -0.15) is 0 Å². The molecule has 0 fully saturated rings. The molecule has 1 heterocycles. The number of aromatic nitrogens is 2. The van der Waals surface area contributed by atoms with E-state index in [1.165, 1.54) is 0 Å². The highest BCUT2D eigenvalue weighted by atomic mass is 14.9. The summed E-state index contributed by atoms with van der Waals surface area (Å²) in [5, 5.41) is 7.15. The fraction of sp³-hybridized carbons (Fsp3) is 0.111. The van der Waals surface area contributed by atoms with E-state index in [1.54, 1.807) is 6.33 Å². The zero-order chi connectivity index (χ0) is 9.26. The molecule has 66 valence electrons. The van der Waals surface area contributed by atoms with Gasteiger partial charge in [0.2, 0.25) is 0 Å². The summed E-state index contributed by atoms with van der Waals surface area (Å²) in [5.74, 6) is 0.180. The molecule has 2 aromatic rings. The molecule has 13 heavy (non-hydrogen) atoms. The summed E-state index contributed by atoms with van der Waals surface area (Å²) in [6, 6.07) is 5.82. The fourth-order valence-electron chi connectivity index (χ4n) is 1.31. The number of fused-ring (bicyclic) bond motifs is 1. The van der Waals surface area contributed by atoms with E-state index in [-0.39, 0.29) is 5.84 Å². The van der Waals surface area contributed by atoms with E-state index in [2.05, 4.69) is 9.97 Å². The summed E-state index contributed by atoms with van der Waals surface area (Å²) in [7, 11) is 0. The Morgan fingerprint density at radius 3 is 3.15 bits per heavy atom. The molecule has 0 amide bonds. The van der Waals surface area contributed by atoms with Crippen molar-refractivity contribution in [2.45, 2.75) is 6.42 Å². The van der Waals surface area contributed by atoms with Crippen molar-refractivity contribution in [3.05, 3.63) is 30.1 Å². The van der Waals surface area contributed by atoms with E-state index < -0.39 is 0 Å². The topological polar surface area (TPSA) is 78.6 Å². The van der Waals surface area contributed by atoms with Gasteiger partial charge < -0.3 is 10.7 Å². The molecule has 1 aromatic heterocycles. The quantitative estimate of drug-likeness (QED) is 0.470. The van der Waals surface area contributed by atoms with Crippen LogP contribution in [0.25, 0.3) is 11.0 Å². The highest BCUT2D eigenvalue weighted by Gasteiger charge is 1.98. The fourth-order valence-corrected chi connectivity index (χ4v) is 1.31. The van der Waals surface area contributed by atoms with Gasteiger partial charge in [0.1, 0.15) is 0 Å². The van der Waals surface area contributed by atoms with E-state index >= 15 is 0 Å². The largest absolute Gasteiger partial charge is 0.387 e. The number of imidazole rings is 1. The molecule has 4 nitrogen and oxygen atoms in total. The Balaban J connectivity index is 2.42. The Morgan fingerprint density at radius 1 is 1.54 bits per heavy atom. The summed E-state index contributed by atoms with van der Waals surface area (Å²) in [6.07, 6.45) is 2.15. The van der Waals surface area contributed by atoms with Crippen LogP contribution in [-0.2, 0) is 6.42 Å². The maximum atomic E-state index is 7.15. The Hall–Kier alpha value is -1.84. The van der Waals surface area contributed by atoms with E-state index in [9.17, 15) is 0 Å². The molecule has 0 bridgehead atoms. The molecular formula is C9H10N4. The number of benzene rings is 1. The zero-order valence-electron chi connectivity index (χ0n) is 7.04. The van der Waals surface area contributed by atoms with E-state index in [0.29, 0.717) is 6.42 Å². The zero-order valence-corrected chi connectivity index (χ0v) is 7.04. The van der Waals surface area contributed by atoms with Crippen LogP contribution in [0.2, 0.25) is 0 Å². The average Bonchev–Trinajstić information content (AvgIpc) is 2.49. The van der Waals surface area contributed by atoms with Crippen molar-refractivity contribution < 1.29 is 0 Å². The normalized spacial score (nSPS) is 10.5. The number of hydrogen-bond acceptors (Lipinski definition) is 2. The lowest BCUT2D eigenvalue weighted by Crippen LogP contribution is -2.12. The van der Waals surface area contributed by atoms with Gasteiger partial charge in [0, 0.05) is 6.42 Å². The molecule has 4 heteroatoms. The van der Waals surface area contributed by atoms with Crippen LogP contribution < -0.4 is 5.73 Å². The van der Waals surface area contributed by atoms with Gasteiger partial charge in [-0.25, -0.2) is 4.98 Å². The van der Waals surface area contributed by atoms with Crippen LogP contribution in [0.15, 0.2) is 24.5 Å². The van der Waals surface area contributed by atoms with Gasteiger partial charge in [-0.05, 0) is 17.7 Å². The number of rotatable bonds is 2. The van der Waals surface area contributed by atoms with Gasteiger partial charge >= 0.3 is 0 Å². The minimum atomic E-state index is 0.180. The standard InChI is InChI=1S/C9H10N4/c10-9(11)4-6-1-2-7-8(3-6)13-5-12-7/h1-3,5H,4H2,(H3,10,11)(H,12,13). The Labute approximate surface area is 75.3 Å². The van der Waals surface area contributed by atoms with Gasteiger partial charge in [-0.1, -0.05) is 6.07 Å². The molecule has 2 rings (SSSR count). The maximum Gasteiger partial charge on any atom is 0.0950 e. The third-order valence-electron chi connectivity index (χ3n) is 1.88. The molecule has 0 saturated heterocycles. The van der Waals surface area contributed by atoms with Crippen LogP contribution in [0.4, 0.5) is 0 Å². The average molecular weight is 174 g/mol. The third-order valence-corrected chi connectivity index (χ3v) is 1.88. The monoisotopic (exact) mass is 174 g/mol. The number of nitrogens with zero attached hydrogens (tertiary/aromatic N) is 1. The first-order chi connectivity index (χ1) is 6.25. The number of amidine groups is 1. The minimum Gasteiger partial charge on any atom is -0.387 e. The van der Waals surface area contributed by atoms with Crippen LogP contribution in [0.3, 0.4) is 0 Å². The van der Waals surface area contributed by atoms with Gasteiger partial charge in [-0.15, -0.1) is 0 Å². The second-order valence-corrected chi connectivity index (χ2v) is 2.96. The molecule has 0 aliphatic heterocycles. The Morgan fingerprint density at radius 2 is 2.38 bits per heavy atom. The number of aromatic amines is 1. The van der Waals surface area contributed by atoms with Crippen LogP contribution in [0.1, 0.15) is 5.56 Å². The molecule has 0 radical (unpaired) electrons. The molecule has 0 spiro atoms. The molecule has 1 aromatic carbocycles. The van der Waals surface area contributed by atoms with Gasteiger partial charge in [-0.3, -0.25) is 5.41 Å². The van der Waals surface area contributed by atoms with Crippen LogP contribution in [0.5, 0.6) is 0 Å². The SMILES string of the molecule is N=C(N)Cc1ccc2nc[nH]c2c1. The molecule has 0 saturated carbocycles. The maximum absolute atomic E-state index is 7.15. The molecular weight excluding hydrogens is 164 g/mol. The van der Waals surface area contributed by atoms with Crippen molar-refractivity contribution >= 4 is 16.9 Å². The predicted octanol–water partition coefficient (Wildman–Crippen LogP) is 1.04. The van der Waals surface area contributed by atoms with Crippen molar-refractivity contribution in [2.24, 2.45) is 5.73 Å². The van der Waals surface area contributed by atoms with Gasteiger partial charge in [0.05, 0.1) is 23.2 Å². The first-order valence-electron chi connectivity index (χ1n) is 4.00. The van der Waals surface area contributed by atoms with Crippen molar-refractivity contribution in [3.8, 4) is 0 Å². The highest BCUT2D eigenvalue weighted by Crippen LogP contribution is 2.11. The minimum absolute atomic E-state index is 0.180. The Kier molecular flexibility index (Phi) is 1.73. The summed E-state index contributed by atoms with van der Waals surface area (Å²) < 4.78 is 0. The second-order valence-electron chi connectivity index (χ2n) is 2.96. The highest BCUT2D eigenvalue weighted by molar-refractivity contribution is 5.82. The van der Waals surface area contributed by atoms with Crippen molar-refractivity contribution in [3.63, 3.8) is 0 Å². The van der Waals surface area contributed by atoms with Crippen LogP contribution in [-0.4, -0.2) is 15.8 Å². The second kappa shape index (κ2) is 2.90. The number of hydrogen-bond donors (Lipinski definition) is 3. The lowest BCUT2D eigenvalue weighted by molar-refractivity contribution is 1.25. The van der Waals surface area contributed by atoms with Crippen LogP contribution >= 0.6 is 0 Å². The van der Waals surface area contributed by atoms with Crippen molar-refractivity contribution in [2.75, 3.05) is 0 Å². The number of nitrogens with two attached hydrogens (primary N) is 1. The lowest BCUT2D eigenvalue weighted by Gasteiger charge is -1.98. The van der Waals surface area contributed by atoms with Gasteiger partial charge in [0.15, 0.2) is 0 Å². The molecule has 0 aliphatic rings. The van der Waals surface area contributed by atoms with E-state index in [1.807, 2.05) is 18.2 Å². The van der Waals surface area contributed by atoms with E-state index in [4.69, 9.17) is 11.1 Å². The summed E-state index contributed by atoms with van der Waals surface area (Å²) >= 11 is 0. The summed E-state index contributed by atoms with van der Waals surface area (Å²) in [6.45, 7) is 0. The van der Waals surface area contributed by atoms with Crippen molar-refractivity contribution in [1.82, 2.24) is 9.97 Å². The first kappa shape index (κ1) is 7.79. The lowest BCUT2D eigenvalue weighted by atomic mass is 10.1. The molecule has 0 aliphatic carbocycles. The first-order valence-corrected chi connectivity index (χ1v) is 4.00. The predicted molar refractivity (Wildman–Crippen MR) is 51.7 cm³/mol. The smallest absolute Gasteiger partial charge is 0.0950 e. The third kappa shape index (κ3) is 1.51. The van der Waals surface area contributed by atoms with Crippen LogP contribution in [0, 0.1) is 5.41 Å². The number of H-pyrrole nitrogens is 1. The van der Waals surface area contributed by atoms with E-state index in [0.717, 1.165) is 16.6 Å². The van der Waals surface area contributed by atoms with Crippen molar-refractivity contribution in [1.29, 1.82) is 5.41 Å². The summed E-state index contributed by atoms with van der Waals surface area (Å²) in [4.78, 5) is 7.11. The Bertz CT molecular complexity index is 444.